The predicted octanol–water partition coefficient (Wildman–Crippen LogP) is 1.27. The highest BCUT2D eigenvalue weighted by atomic mass is 19.4. The highest BCUT2D eigenvalue weighted by molar-refractivity contribution is 6.13. The number of dihydropyridines is 1. The average Bonchev–Trinajstić information content (AvgIpc) is 2.16. The van der Waals surface area contributed by atoms with E-state index in [1.54, 1.807) is 0 Å². The van der Waals surface area contributed by atoms with E-state index in [1.165, 1.54) is 6.92 Å². The van der Waals surface area contributed by atoms with Gasteiger partial charge in [0.1, 0.15) is 5.71 Å². The number of rotatable bonds is 2. The number of allylic oxidation sites excluding steroid dienone is 1. The first-order valence-corrected chi connectivity index (χ1v) is 4.41. The molecule has 1 atom stereocenters. The summed E-state index contributed by atoms with van der Waals surface area (Å²) in [5, 5.41) is 0. The van der Waals surface area contributed by atoms with E-state index in [0.717, 1.165) is 6.08 Å². The van der Waals surface area contributed by atoms with E-state index >= 15 is 0 Å². The molecule has 0 saturated carbocycles. The number of hydrogen-bond acceptors (Lipinski definition) is 3. The fourth-order valence-corrected chi connectivity index (χ4v) is 1.06. The van der Waals surface area contributed by atoms with Gasteiger partial charge in [0.25, 0.3) is 5.91 Å². The minimum Gasteiger partial charge on any atom is -0.465 e. The molecule has 1 rings (SSSR count). The van der Waals surface area contributed by atoms with Crippen LogP contribution in [0.2, 0.25) is 0 Å². The first-order valence-electron chi connectivity index (χ1n) is 4.41. The molecule has 1 aliphatic rings. The van der Waals surface area contributed by atoms with Crippen LogP contribution in [0.25, 0.3) is 0 Å². The highest BCUT2D eigenvalue weighted by Gasteiger charge is 2.39. The maximum atomic E-state index is 12.1. The Morgan fingerprint density at radius 3 is 2.62 bits per heavy atom. The summed E-state index contributed by atoms with van der Waals surface area (Å²) in [6, 6.07) is 0. The van der Waals surface area contributed by atoms with E-state index < -0.39 is 29.7 Å². The van der Waals surface area contributed by atoms with E-state index in [2.05, 4.69) is 9.73 Å². The van der Waals surface area contributed by atoms with Crippen molar-refractivity contribution in [1.82, 2.24) is 0 Å². The molecule has 1 heterocycles. The van der Waals surface area contributed by atoms with Crippen molar-refractivity contribution in [2.24, 2.45) is 10.9 Å². The molecule has 0 saturated heterocycles. The second-order valence-corrected chi connectivity index (χ2v) is 2.92. The molecule has 1 unspecified atom stereocenters. The molecule has 88 valence electrons. The van der Waals surface area contributed by atoms with Crippen molar-refractivity contribution in [1.29, 1.82) is 0 Å². The molecular formula is C9H8F3NO3. The van der Waals surface area contributed by atoms with Crippen molar-refractivity contribution >= 4 is 17.6 Å². The minimum atomic E-state index is -4.69. The van der Waals surface area contributed by atoms with Gasteiger partial charge in [-0.05, 0) is 13.0 Å². The number of nitrogens with zero attached hydrogens (tertiary/aromatic N) is 1. The standard InChI is InChI=1S/C9H8F3NO3/c1-2-16-8(15)5-3-4-6(9(10,11)12)13-7(5)14/h3-5H,2H2,1H3. The number of halogens is 3. The molecule has 0 aromatic heterocycles. The third-order valence-electron chi connectivity index (χ3n) is 1.77. The van der Waals surface area contributed by atoms with Crippen LogP contribution in [0.5, 0.6) is 0 Å². The highest BCUT2D eigenvalue weighted by Crippen LogP contribution is 2.22. The lowest BCUT2D eigenvalue weighted by molar-refractivity contribution is -0.149. The second kappa shape index (κ2) is 4.46. The Kier molecular flexibility index (Phi) is 3.46. The Hall–Kier alpha value is -1.66. The lowest BCUT2D eigenvalue weighted by Gasteiger charge is -2.14. The molecule has 0 bridgehead atoms. The van der Waals surface area contributed by atoms with Crippen LogP contribution < -0.4 is 0 Å². The van der Waals surface area contributed by atoms with Crippen molar-refractivity contribution in [3.63, 3.8) is 0 Å². The zero-order valence-electron chi connectivity index (χ0n) is 8.25. The first kappa shape index (κ1) is 12.4. The molecule has 0 fully saturated rings. The van der Waals surface area contributed by atoms with E-state index in [1.807, 2.05) is 0 Å². The average molecular weight is 235 g/mol. The lowest BCUT2D eigenvalue weighted by atomic mass is 10.1. The van der Waals surface area contributed by atoms with Crippen molar-refractivity contribution in [2.45, 2.75) is 13.1 Å². The Morgan fingerprint density at radius 1 is 1.56 bits per heavy atom. The number of esters is 1. The predicted molar refractivity (Wildman–Crippen MR) is 47.8 cm³/mol. The molecule has 0 N–H and O–H groups in total. The smallest absolute Gasteiger partial charge is 0.433 e. The third kappa shape index (κ3) is 2.68. The molecule has 0 radical (unpaired) electrons. The van der Waals surface area contributed by atoms with Gasteiger partial charge in [0.05, 0.1) is 6.61 Å². The van der Waals surface area contributed by atoms with Gasteiger partial charge in [0, 0.05) is 0 Å². The van der Waals surface area contributed by atoms with Gasteiger partial charge in [0.2, 0.25) is 0 Å². The number of ether oxygens (including phenoxy) is 1. The second-order valence-electron chi connectivity index (χ2n) is 2.92. The molecule has 16 heavy (non-hydrogen) atoms. The van der Waals surface area contributed by atoms with Crippen LogP contribution >= 0.6 is 0 Å². The van der Waals surface area contributed by atoms with E-state index in [0.29, 0.717) is 6.08 Å². The zero-order chi connectivity index (χ0) is 12.3. The van der Waals surface area contributed by atoms with Gasteiger partial charge in [0.15, 0.2) is 5.92 Å². The number of carbonyl (C=O) groups is 2. The molecule has 4 nitrogen and oxygen atoms in total. The van der Waals surface area contributed by atoms with Gasteiger partial charge < -0.3 is 4.74 Å². The van der Waals surface area contributed by atoms with Crippen LogP contribution in [-0.4, -0.2) is 30.4 Å². The number of hydrogen-bond donors (Lipinski definition) is 0. The Labute approximate surface area is 88.8 Å². The molecule has 0 aromatic rings. The van der Waals surface area contributed by atoms with Gasteiger partial charge in [-0.3, -0.25) is 9.59 Å². The third-order valence-corrected chi connectivity index (χ3v) is 1.77. The summed E-state index contributed by atoms with van der Waals surface area (Å²) in [6.45, 7) is 1.58. The van der Waals surface area contributed by atoms with Crippen LogP contribution in [0.1, 0.15) is 6.92 Å². The van der Waals surface area contributed by atoms with Crippen molar-refractivity contribution < 1.29 is 27.5 Å². The molecule has 1 aliphatic heterocycles. The van der Waals surface area contributed by atoms with Gasteiger partial charge >= 0.3 is 12.1 Å². The SMILES string of the molecule is CCOC(=O)C1C=CC(C(F)(F)F)=NC1=O. The van der Waals surface area contributed by atoms with Crippen molar-refractivity contribution in [2.75, 3.05) is 6.61 Å². The van der Waals surface area contributed by atoms with Crippen LogP contribution in [0, 0.1) is 5.92 Å². The molecule has 0 spiro atoms. The molecule has 0 aromatic carbocycles. The van der Waals surface area contributed by atoms with Crippen LogP contribution in [0.4, 0.5) is 13.2 Å². The minimum absolute atomic E-state index is 0.0479. The van der Waals surface area contributed by atoms with Crippen molar-refractivity contribution in [3.8, 4) is 0 Å². The van der Waals surface area contributed by atoms with Gasteiger partial charge in [-0.2, -0.15) is 13.2 Å². The van der Waals surface area contributed by atoms with E-state index in [-0.39, 0.29) is 6.61 Å². The van der Waals surface area contributed by atoms with Crippen molar-refractivity contribution in [3.05, 3.63) is 12.2 Å². The maximum Gasteiger partial charge on any atom is 0.433 e. The summed E-state index contributed by atoms with van der Waals surface area (Å²) in [6.07, 6.45) is -3.25. The Balaban J connectivity index is 2.82. The number of aliphatic imine (C=N–C) groups is 1. The van der Waals surface area contributed by atoms with Crippen LogP contribution in [0.3, 0.4) is 0 Å². The summed E-state index contributed by atoms with van der Waals surface area (Å²) >= 11 is 0. The quantitative estimate of drug-likeness (QED) is 0.535. The fourth-order valence-electron chi connectivity index (χ4n) is 1.06. The monoisotopic (exact) mass is 235 g/mol. The number of amides is 1. The molecule has 0 aliphatic carbocycles. The molecule has 1 amide bonds. The van der Waals surface area contributed by atoms with Crippen LogP contribution in [-0.2, 0) is 14.3 Å². The largest absolute Gasteiger partial charge is 0.465 e. The van der Waals surface area contributed by atoms with Gasteiger partial charge in [-0.1, -0.05) is 6.08 Å². The van der Waals surface area contributed by atoms with Gasteiger partial charge in [-0.15, -0.1) is 0 Å². The zero-order valence-corrected chi connectivity index (χ0v) is 8.25. The van der Waals surface area contributed by atoms with E-state index in [4.69, 9.17) is 0 Å². The summed E-state index contributed by atoms with van der Waals surface area (Å²) < 4.78 is 40.9. The fraction of sp³-hybridized carbons (Fsp3) is 0.444. The maximum absolute atomic E-state index is 12.1. The molecular weight excluding hydrogens is 227 g/mol. The summed E-state index contributed by atoms with van der Waals surface area (Å²) in [7, 11) is 0. The Bertz CT molecular complexity index is 371. The topological polar surface area (TPSA) is 55.7 Å². The summed E-state index contributed by atoms with van der Waals surface area (Å²) in [5.41, 5.74) is -1.31. The summed E-state index contributed by atoms with van der Waals surface area (Å²) in [4.78, 5) is 25.1. The molecule has 7 heteroatoms. The first-order chi connectivity index (χ1) is 7.36. The number of alkyl halides is 3. The van der Waals surface area contributed by atoms with Gasteiger partial charge in [-0.25, -0.2) is 4.99 Å². The normalized spacial score (nSPS) is 20.6. The van der Waals surface area contributed by atoms with E-state index in [9.17, 15) is 22.8 Å². The summed E-state index contributed by atoms with van der Waals surface area (Å²) in [5.74, 6) is -3.42. The Morgan fingerprint density at radius 2 is 2.19 bits per heavy atom. The lowest BCUT2D eigenvalue weighted by Crippen LogP contribution is -2.31. The van der Waals surface area contributed by atoms with Crippen LogP contribution in [0.15, 0.2) is 17.1 Å². The number of carbonyl (C=O) groups excluding carboxylic acids is 2.